The Morgan fingerprint density at radius 3 is 2.81 bits per heavy atom. The molecule has 162 valence electrons. The van der Waals surface area contributed by atoms with Crippen LogP contribution in [0.1, 0.15) is 60.8 Å². The number of aromatic nitrogens is 1. The molecule has 31 heavy (non-hydrogen) atoms. The van der Waals surface area contributed by atoms with Gasteiger partial charge in [0, 0.05) is 22.3 Å². The topological polar surface area (TPSA) is 46.5 Å². The van der Waals surface area contributed by atoms with Crippen LogP contribution in [0, 0.1) is 0 Å². The first-order chi connectivity index (χ1) is 15.2. The third-order valence-electron chi connectivity index (χ3n) is 6.38. The summed E-state index contributed by atoms with van der Waals surface area (Å²) in [5.41, 5.74) is 4.72. The van der Waals surface area contributed by atoms with Crippen LogP contribution >= 0.6 is 11.3 Å². The minimum Gasteiger partial charge on any atom is -0.492 e. The van der Waals surface area contributed by atoms with Crippen molar-refractivity contribution in [2.75, 3.05) is 11.9 Å². The Bertz CT molecular complexity index is 1100. The van der Waals surface area contributed by atoms with Crippen molar-refractivity contribution in [3.05, 3.63) is 64.3 Å². The smallest absolute Gasteiger partial charge is 0.322 e. The molecule has 3 heterocycles. The highest BCUT2D eigenvalue weighted by molar-refractivity contribution is 7.15. The molecule has 1 aromatic carbocycles. The van der Waals surface area contributed by atoms with E-state index < -0.39 is 0 Å². The number of ether oxygens (including phenoxy) is 1. The van der Waals surface area contributed by atoms with Gasteiger partial charge in [0.25, 0.3) is 0 Å². The summed E-state index contributed by atoms with van der Waals surface area (Å²) in [5, 5.41) is 4.44. The number of hydrogen-bond donors (Lipinski definition) is 1. The summed E-state index contributed by atoms with van der Waals surface area (Å²) in [4.78, 5) is 17.2. The van der Waals surface area contributed by atoms with Crippen LogP contribution in [-0.4, -0.2) is 22.1 Å². The molecule has 1 aliphatic heterocycles. The average Bonchev–Trinajstić information content (AvgIpc) is 3.37. The van der Waals surface area contributed by atoms with Gasteiger partial charge in [0.2, 0.25) is 0 Å². The molecular weight excluding hydrogens is 406 g/mol. The van der Waals surface area contributed by atoms with Crippen LogP contribution in [0.2, 0.25) is 0 Å². The van der Waals surface area contributed by atoms with Crippen LogP contribution in [0.25, 0.3) is 5.00 Å². The first kappa shape index (κ1) is 20.2. The molecule has 0 radical (unpaired) electrons. The predicted molar refractivity (Wildman–Crippen MR) is 125 cm³/mol. The molecule has 1 atom stereocenters. The predicted octanol–water partition coefficient (Wildman–Crippen LogP) is 6.32. The first-order valence-corrected chi connectivity index (χ1v) is 12.1. The molecule has 0 unspecified atom stereocenters. The van der Waals surface area contributed by atoms with E-state index in [1.165, 1.54) is 39.5 Å². The fraction of sp³-hybridized carbons (Fsp3) is 0.400. The lowest BCUT2D eigenvalue weighted by Gasteiger charge is -2.30. The number of thiophene rings is 1. The molecule has 1 aliphatic carbocycles. The minimum absolute atomic E-state index is 0.0214. The van der Waals surface area contributed by atoms with Gasteiger partial charge in [-0.15, -0.1) is 11.3 Å². The second-order valence-corrected chi connectivity index (χ2v) is 9.29. The number of carbonyl (C=O) groups is 1. The van der Waals surface area contributed by atoms with E-state index in [0.29, 0.717) is 18.9 Å². The molecule has 1 N–H and O–H groups in total. The van der Waals surface area contributed by atoms with Gasteiger partial charge in [-0.05, 0) is 68.9 Å². The summed E-state index contributed by atoms with van der Waals surface area (Å²) in [6.45, 7) is 5.32. The van der Waals surface area contributed by atoms with Gasteiger partial charge in [0.15, 0.2) is 0 Å². The van der Waals surface area contributed by atoms with Crippen molar-refractivity contribution in [3.8, 4) is 10.8 Å². The van der Waals surface area contributed by atoms with E-state index in [2.05, 4.69) is 35.1 Å². The van der Waals surface area contributed by atoms with Crippen molar-refractivity contribution in [2.45, 2.75) is 58.5 Å². The monoisotopic (exact) mass is 435 g/mol. The molecule has 0 saturated carbocycles. The van der Waals surface area contributed by atoms with Gasteiger partial charge in [-0.25, -0.2) is 4.79 Å². The van der Waals surface area contributed by atoms with Crippen molar-refractivity contribution in [2.24, 2.45) is 0 Å². The molecule has 2 aliphatic rings. The van der Waals surface area contributed by atoms with E-state index >= 15 is 0 Å². The Kier molecular flexibility index (Phi) is 5.48. The molecule has 5 rings (SSSR count). The number of nitrogens with zero attached hydrogens (tertiary/aromatic N) is 2. The number of fused-ring (bicyclic) bond motifs is 5. The van der Waals surface area contributed by atoms with Crippen molar-refractivity contribution >= 4 is 23.1 Å². The number of nitrogens with one attached hydrogen (secondary N) is 1. The van der Waals surface area contributed by atoms with E-state index in [1.807, 2.05) is 47.4 Å². The third-order valence-corrected chi connectivity index (χ3v) is 7.71. The summed E-state index contributed by atoms with van der Waals surface area (Å²) < 4.78 is 8.06. The Morgan fingerprint density at radius 1 is 1.13 bits per heavy atom. The van der Waals surface area contributed by atoms with Crippen molar-refractivity contribution in [3.63, 3.8) is 0 Å². The lowest BCUT2D eigenvalue weighted by atomic mass is 9.95. The van der Waals surface area contributed by atoms with Gasteiger partial charge in [-0.3, -0.25) is 0 Å². The normalized spacial score (nSPS) is 17.4. The second-order valence-electron chi connectivity index (χ2n) is 8.21. The van der Waals surface area contributed by atoms with Crippen LogP contribution in [0.5, 0.6) is 5.75 Å². The van der Waals surface area contributed by atoms with Crippen LogP contribution in [-0.2, 0) is 19.4 Å². The summed E-state index contributed by atoms with van der Waals surface area (Å²) in [7, 11) is 0. The number of benzene rings is 1. The largest absolute Gasteiger partial charge is 0.492 e. The van der Waals surface area contributed by atoms with Gasteiger partial charge < -0.3 is 19.5 Å². The molecule has 6 heteroatoms. The van der Waals surface area contributed by atoms with E-state index in [4.69, 9.17) is 4.74 Å². The van der Waals surface area contributed by atoms with E-state index in [0.717, 1.165) is 24.9 Å². The van der Waals surface area contributed by atoms with E-state index in [9.17, 15) is 4.79 Å². The fourth-order valence-corrected chi connectivity index (χ4v) is 6.35. The summed E-state index contributed by atoms with van der Waals surface area (Å²) >= 11 is 1.92. The number of urea groups is 1. The Balaban J connectivity index is 1.54. The highest BCUT2D eigenvalue weighted by atomic mass is 32.1. The molecule has 0 spiro atoms. The maximum atomic E-state index is 13.6. The van der Waals surface area contributed by atoms with Crippen molar-refractivity contribution in [1.29, 1.82) is 0 Å². The molecule has 0 fully saturated rings. The van der Waals surface area contributed by atoms with Gasteiger partial charge in [0.1, 0.15) is 10.8 Å². The molecule has 0 saturated heterocycles. The zero-order chi connectivity index (χ0) is 21.4. The van der Waals surface area contributed by atoms with Gasteiger partial charge >= 0.3 is 6.03 Å². The second kappa shape index (κ2) is 8.42. The third kappa shape index (κ3) is 3.53. The number of para-hydroxylation sites is 2. The standard InChI is InChI=1S/C25H29N3O2S/c1-3-20-21-12-9-15-27(21)24-18(17-10-5-8-14-23(17)31-24)16-28(20)25(29)26-19-11-6-7-13-22(19)30-4-2/h6-7,9,11-13,15,20H,3-5,8,10,14,16H2,1-2H3,(H,26,29)/t20-/m1/s1. The zero-order valence-electron chi connectivity index (χ0n) is 18.2. The Labute approximate surface area is 187 Å². The highest BCUT2D eigenvalue weighted by Crippen LogP contribution is 2.43. The van der Waals surface area contributed by atoms with Crippen LogP contribution in [0.3, 0.4) is 0 Å². The van der Waals surface area contributed by atoms with E-state index in [1.54, 1.807) is 0 Å². The van der Waals surface area contributed by atoms with Crippen LogP contribution < -0.4 is 10.1 Å². The average molecular weight is 436 g/mol. The van der Waals surface area contributed by atoms with Crippen LogP contribution in [0.15, 0.2) is 42.6 Å². The lowest BCUT2D eigenvalue weighted by molar-refractivity contribution is 0.181. The van der Waals surface area contributed by atoms with Gasteiger partial charge in [-0.1, -0.05) is 19.1 Å². The SMILES string of the molecule is CCOc1ccccc1NC(=O)N1Cc2c(sc3c2CCCC3)-n2cccc2[C@H]1CC. The minimum atomic E-state index is -0.0737. The van der Waals surface area contributed by atoms with Gasteiger partial charge in [0.05, 0.1) is 24.9 Å². The number of anilines is 1. The summed E-state index contributed by atoms with van der Waals surface area (Å²) in [6, 6.07) is 11.9. The number of amides is 2. The quantitative estimate of drug-likeness (QED) is 0.522. The van der Waals surface area contributed by atoms with Gasteiger partial charge in [-0.2, -0.15) is 0 Å². The molecular formula is C25H29N3O2S. The molecule has 2 aromatic heterocycles. The highest BCUT2D eigenvalue weighted by Gasteiger charge is 2.34. The number of hydrogen-bond acceptors (Lipinski definition) is 3. The summed E-state index contributed by atoms with van der Waals surface area (Å²) in [6.07, 6.45) is 7.80. The Hall–Kier alpha value is -2.73. The van der Waals surface area contributed by atoms with E-state index in [-0.39, 0.29) is 12.1 Å². The van der Waals surface area contributed by atoms with Crippen molar-refractivity contribution in [1.82, 2.24) is 9.47 Å². The fourth-order valence-electron chi connectivity index (χ4n) is 4.95. The molecule has 0 bridgehead atoms. The lowest BCUT2D eigenvalue weighted by Crippen LogP contribution is -2.37. The first-order valence-electron chi connectivity index (χ1n) is 11.3. The number of carbonyl (C=O) groups excluding carboxylic acids is 1. The molecule has 5 nitrogen and oxygen atoms in total. The summed E-state index contributed by atoms with van der Waals surface area (Å²) in [5.74, 6) is 0.707. The van der Waals surface area contributed by atoms with Crippen molar-refractivity contribution < 1.29 is 9.53 Å². The zero-order valence-corrected chi connectivity index (χ0v) is 19.0. The maximum absolute atomic E-state index is 13.6. The number of rotatable bonds is 4. The maximum Gasteiger partial charge on any atom is 0.322 e. The Morgan fingerprint density at radius 2 is 1.97 bits per heavy atom. The number of aryl methyl sites for hydroxylation is 1. The van der Waals surface area contributed by atoms with Crippen LogP contribution in [0.4, 0.5) is 10.5 Å². The molecule has 3 aromatic rings. The molecule has 2 amide bonds.